The van der Waals surface area contributed by atoms with Crippen LogP contribution in [0.4, 0.5) is 0 Å². The SMILES string of the molecule is Brc1ccc(CCCN2CCOCC2)cc1Br. The van der Waals surface area contributed by atoms with E-state index in [0.717, 1.165) is 41.7 Å². The smallest absolute Gasteiger partial charge is 0.0594 e. The second-order valence-corrected chi connectivity index (χ2v) is 6.01. The molecule has 0 N–H and O–H groups in total. The van der Waals surface area contributed by atoms with Crippen molar-refractivity contribution in [2.24, 2.45) is 0 Å². The highest BCUT2D eigenvalue weighted by atomic mass is 79.9. The molecule has 0 saturated carbocycles. The summed E-state index contributed by atoms with van der Waals surface area (Å²) in [5.74, 6) is 0. The fraction of sp³-hybridized carbons (Fsp3) is 0.538. The van der Waals surface area contributed by atoms with E-state index in [0.29, 0.717) is 0 Å². The molecule has 2 rings (SSSR count). The lowest BCUT2D eigenvalue weighted by Gasteiger charge is -2.26. The maximum Gasteiger partial charge on any atom is 0.0594 e. The Balaban J connectivity index is 1.75. The Morgan fingerprint density at radius 1 is 1.12 bits per heavy atom. The average molecular weight is 363 g/mol. The Bertz CT molecular complexity index is 364. The summed E-state index contributed by atoms with van der Waals surface area (Å²) in [6.07, 6.45) is 2.36. The van der Waals surface area contributed by atoms with Crippen LogP contribution in [0.5, 0.6) is 0 Å². The maximum atomic E-state index is 5.34. The van der Waals surface area contributed by atoms with Gasteiger partial charge in [0.15, 0.2) is 0 Å². The van der Waals surface area contributed by atoms with Crippen molar-refractivity contribution < 1.29 is 4.74 Å². The van der Waals surface area contributed by atoms with Gasteiger partial charge >= 0.3 is 0 Å². The van der Waals surface area contributed by atoms with Crippen molar-refractivity contribution in [3.63, 3.8) is 0 Å². The zero-order valence-electron chi connectivity index (χ0n) is 9.79. The summed E-state index contributed by atoms with van der Waals surface area (Å²) in [4.78, 5) is 2.48. The molecule has 1 aliphatic rings. The standard InChI is InChI=1S/C13H17Br2NO/c14-12-4-3-11(10-13(12)15)2-1-5-16-6-8-17-9-7-16/h3-4,10H,1-2,5-9H2. The minimum Gasteiger partial charge on any atom is -0.379 e. The predicted octanol–water partition coefficient (Wildman–Crippen LogP) is 3.48. The highest BCUT2D eigenvalue weighted by Gasteiger charge is 2.09. The van der Waals surface area contributed by atoms with E-state index in [1.165, 1.54) is 18.5 Å². The Kier molecular flexibility index (Phi) is 5.48. The topological polar surface area (TPSA) is 12.5 Å². The van der Waals surface area contributed by atoms with E-state index in [1.54, 1.807) is 0 Å². The molecule has 1 fully saturated rings. The minimum absolute atomic E-state index is 0.893. The molecule has 0 radical (unpaired) electrons. The van der Waals surface area contributed by atoms with E-state index in [1.807, 2.05) is 0 Å². The number of benzene rings is 1. The molecule has 1 saturated heterocycles. The van der Waals surface area contributed by atoms with Crippen LogP contribution in [0.25, 0.3) is 0 Å². The van der Waals surface area contributed by atoms with Gasteiger partial charge in [-0.3, -0.25) is 4.90 Å². The van der Waals surface area contributed by atoms with Crippen molar-refractivity contribution in [1.29, 1.82) is 0 Å². The van der Waals surface area contributed by atoms with Crippen molar-refractivity contribution in [3.8, 4) is 0 Å². The molecule has 0 atom stereocenters. The average Bonchev–Trinajstić information content (AvgIpc) is 2.35. The number of nitrogens with zero attached hydrogens (tertiary/aromatic N) is 1. The molecule has 0 aliphatic carbocycles. The third-order valence-electron chi connectivity index (χ3n) is 3.03. The monoisotopic (exact) mass is 361 g/mol. The van der Waals surface area contributed by atoms with Crippen molar-refractivity contribution in [2.45, 2.75) is 12.8 Å². The Labute approximate surface area is 120 Å². The van der Waals surface area contributed by atoms with Crippen LogP contribution in [0, 0.1) is 0 Å². The van der Waals surface area contributed by atoms with Gasteiger partial charge in [0.2, 0.25) is 0 Å². The number of ether oxygens (including phenoxy) is 1. The Hall–Kier alpha value is 0.1000. The maximum absolute atomic E-state index is 5.34. The zero-order chi connectivity index (χ0) is 12.1. The molecule has 0 spiro atoms. The minimum atomic E-state index is 0.893. The first kappa shape index (κ1) is 13.5. The normalized spacial score (nSPS) is 17.3. The molecule has 0 aromatic heterocycles. The van der Waals surface area contributed by atoms with Crippen molar-refractivity contribution >= 4 is 31.9 Å². The van der Waals surface area contributed by atoms with Gasteiger partial charge in [0.1, 0.15) is 0 Å². The highest BCUT2D eigenvalue weighted by Crippen LogP contribution is 2.24. The molecule has 17 heavy (non-hydrogen) atoms. The molecule has 4 heteroatoms. The lowest BCUT2D eigenvalue weighted by atomic mass is 10.1. The van der Waals surface area contributed by atoms with Gasteiger partial charge in [-0.05, 0) is 68.9 Å². The van der Waals surface area contributed by atoms with Gasteiger partial charge in [0.25, 0.3) is 0 Å². The number of hydrogen-bond acceptors (Lipinski definition) is 2. The number of aryl methyl sites for hydroxylation is 1. The van der Waals surface area contributed by atoms with E-state index >= 15 is 0 Å². The van der Waals surface area contributed by atoms with E-state index in [4.69, 9.17) is 4.74 Å². The van der Waals surface area contributed by atoms with Crippen LogP contribution in [0.15, 0.2) is 27.1 Å². The molecular formula is C13H17Br2NO. The first-order valence-electron chi connectivity index (χ1n) is 6.00. The van der Waals surface area contributed by atoms with Crippen LogP contribution >= 0.6 is 31.9 Å². The number of hydrogen-bond donors (Lipinski definition) is 0. The van der Waals surface area contributed by atoms with E-state index in [2.05, 4.69) is 55.0 Å². The van der Waals surface area contributed by atoms with Crippen LogP contribution in [0.2, 0.25) is 0 Å². The summed E-state index contributed by atoms with van der Waals surface area (Å²) < 4.78 is 7.60. The molecule has 1 aliphatic heterocycles. The molecule has 1 aromatic carbocycles. The second kappa shape index (κ2) is 6.88. The molecule has 0 bridgehead atoms. The number of morpholine rings is 1. The summed E-state index contributed by atoms with van der Waals surface area (Å²) in [6.45, 7) is 5.14. The fourth-order valence-corrected chi connectivity index (χ4v) is 2.70. The van der Waals surface area contributed by atoms with Crippen LogP contribution in [-0.2, 0) is 11.2 Å². The van der Waals surface area contributed by atoms with Crippen LogP contribution < -0.4 is 0 Å². The van der Waals surface area contributed by atoms with Crippen molar-refractivity contribution in [3.05, 3.63) is 32.7 Å². The Morgan fingerprint density at radius 2 is 1.88 bits per heavy atom. The van der Waals surface area contributed by atoms with Gasteiger partial charge in [0, 0.05) is 22.0 Å². The van der Waals surface area contributed by atoms with Gasteiger partial charge in [-0.1, -0.05) is 6.07 Å². The zero-order valence-corrected chi connectivity index (χ0v) is 13.0. The summed E-state index contributed by atoms with van der Waals surface area (Å²) in [7, 11) is 0. The summed E-state index contributed by atoms with van der Waals surface area (Å²) >= 11 is 7.03. The van der Waals surface area contributed by atoms with E-state index in [9.17, 15) is 0 Å². The van der Waals surface area contributed by atoms with Crippen LogP contribution in [0.3, 0.4) is 0 Å². The molecule has 0 amide bonds. The molecule has 94 valence electrons. The van der Waals surface area contributed by atoms with Crippen molar-refractivity contribution in [2.75, 3.05) is 32.8 Å². The van der Waals surface area contributed by atoms with Gasteiger partial charge < -0.3 is 4.74 Å². The van der Waals surface area contributed by atoms with Gasteiger partial charge in [-0.15, -0.1) is 0 Å². The molecular weight excluding hydrogens is 346 g/mol. The first-order chi connectivity index (χ1) is 8.25. The lowest BCUT2D eigenvalue weighted by Crippen LogP contribution is -2.36. The van der Waals surface area contributed by atoms with E-state index < -0.39 is 0 Å². The first-order valence-corrected chi connectivity index (χ1v) is 7.58. The van der Waals surface area contributed by atoms with Crippen molar-refractivity contribution in [1.82, 2.24) is 4.90 Å². The van der Waals surface area contributed by atoms with E-state index in [-0.39, 0.29) is 0 Å². The molecule has 1 aromatic rings. The van der Waals surface area contributed by atoms with Gasteiger partial charge in [0.05, 0.1) is 13.2 Å². The third-order valence-corrected chi connectivity index (χ3v) is 4.91. The predicted molar refractivity (Wildman–Crippen MR) is 77.4 cm³/mol. The van der Waals surface area contributed by atoms with Gasteiger partial charge in [-0.2, -0.15) is 0 Å². The highest BCUT2D eigenvalue weighted by molar-refractivity contribution is 9.13. The fourth-order valence-electron chi connectivity index (χ4n) is 2.03. The second-order valence-electron chi connectivity index (χ2n) is 4.31. The quantitative estimate of drug-likeness (QED) is 0.813. The largest absolute Gasteiger partial charge is 0.379 e. The number of halogens is 2. The molecule has 1 heterocycles. The summed E-state index contributed by atoms with van der Waals surface area (Å²) in [5.41, 5.74) is 1.40. The third kappa shape index (κ3) is 4.36. The molecule has 0 unspecified atom stereocenters. The summed E-state index contributed by atoms with van der Waals surface area (Å²) in [6, 6.07) is 6.49. The lowest BCUT2D eigenvalue weighted by molar-refractivity contribution is 0.0375. The number of rotatable bonds is 4. The summed E-state index contributed by atoms with van der Waals surface area (Å²) in [5, 5.41) is 0. The van der Waals surface area contributed by atoms with Crippen LogP contribution in [-0.4, -0.2) is 37.7 Å². The van der Waals surface area contributed by atoms with Crippen LogP contribution in [0.1, 0.15) is 12.0 Å². The molecule has 2 nitrogen and oxygen atoms in total. The Morgan fingerprint density at radius 3 is 2.59 bits per heavy atom. The van der Waals surface area contributed by atoms with Gasteiger partial charge in [-0.25, -0.2) is 0 Å².